The maximum Gasteiger partial charge on any atom is 0.0284 e. The van der Waals surface area contributed by atoms with Crippen LogP contribution >= 0.6 is 0 Å². The van der Waals surface area contributed by atoms with Crippen LogP contribution < -0.4 is 0 Å². The molecule has 76 valence electrons. The van der Waals surface area contributed by atoms with Crippen molar-refractivity contribution in [3.8, 4) is 12.3 Å². The summed E-state index contributed by atoms with van der Waals surface area (Å²) in [5, 5.41) is 0. The van der Waals surface area contributed by atoms with E-state index < -0.39 is 0 Å². The van der Waals surface area contributed by atoms with Gasteiger partial charge in [-0.3, -0.25) is 0 Å². The molecule has 0 aromatic heterocycles. The van der Waals surface area contributed by atoms with Gasteiger partial charge in [0.25, 0.3) is 0 Å². The summed E-state index contributed by atoms with van der Waals surface area (Å²) in [5.41, 5.74) is 0.0327. The van der Waals surface area contributed by atoms with Crippen molar-refractivity contribution in [2.45, 2.75) is 48.0 Å². The molecule has 0 fully saturated rings. The Bertz CT molecular complexity index is 181. The largest absolute Gasteiger partial charge is 0.120 e. The summed E-state index contributed by atoms with van der Waals surface area (Å²) in [6, 6.07) is 0. The Morgan fingerprint density at radius 1 is 1.23 bits per heavy atom. The minimum atomic E-state index is 0.0327. The number of terminal acetylenes is 1. The Morgan fingerprint density at radius 2 is 1.69 bits per heavy atom. The average molecular weight is 180 g/mol. The van der Waals surface area contributed by atoms with Gasteiger partial charge in [-0.2, -0.15) is 0 Å². The lowest BCUT2D eigenvalue weighted by molar-refractivity contribution is 0.165. The summed E-state index contributed by atoms with van der Waals surface area (Å²) in [6.07, 6.45) is 6.78. The van der Waals surface area contributed by atoms with Crippen molar-refractivity contribution < 1.29 is 0 Å². The van der Waals surface area contributed by atoms with Crippen molar-refractivity contribution >= 4 is 0 Å². The first kappa shape index (κ1) is 12.6. The van der Waals surface area contributed by atoms with Gasteiger partial charge in [-0.1, -0.05) is 34.1 Å². The second-order valence-corrected chi connectivity index (χ2v) is 4.97. The van der Waals surface area contributed by atoms with E-state index in [0.29, 0.717) is 5.92 Å². The Morgan fingerprint density at radius 3 is 1.92 bits per heavy atom. The first-order chi connectivity index (χ1) is 5.86. The van der Waals surface area contributed by atoms with E-state index in [-0.39, 0.29) is 5.41 Å². The predicted octanol–water partition coefficient (Wildman–Crippen LogP) is 3.96. The molecular formula is C13H24. The molecule has 0 aromatic carbocycles. The van der Waals surface area contributed by atoms with Crippen LogP contribution in [0.1, 0.15) is 48.0 Å². The highest BCUT2D eigenvalue weighted by Crippen LogP contribution is 2.36. The first-order valence-corrected chi connectivity index (χ1v) is 5.34. The Hall–Kier alpha value is -0.440. The molecule has 2 atom stereocenters. The zero-order valence-electron chi connectivity index (χ0n) is 10.0. The van der Waals surface area contributed by atoms with E-state index in [9.17, 15) is 0 Å². The molecule has 0 saturated heterocycles. The molecule has 0 heteroatoms. The zero-order chi connectivity index (χ0) is 10.6. The fraction of sp³-hybridized carbons (Fsp3) is 0.846. The average Bonchev–Trinajstić information content (AvgIpc) is 2.05. The first-order valence-electron chi connectivity index (χ1n) is 5.34. The molecule has 0 rings (SSSR count). The molecular weight excluding hydrogens is 156 g/mol. The lowest BCUT2D eigenvalue weighted by Crippen LogP contribution is -2.29. The van der Waals surface area contributed by atoms with Gasteiger partial charge in [0.1, 0.15) is 0 Å². The van der Waals surface area contributed by atoms with E-state index in [1.807, 2.05) is 0 Å². The van der Waals surface area contributed by atoms with E-state index in [0.717, 1.165) is 11.8 Å². The standard InChI is InChI=1S/C13H24/c1-8-12(10(3)4)11(5)13(6,7)9-2/h2,10-12H,8H2,1,3-7H3/t11-,12+/m0/s1. The van der Waals surface area contributed by atoms with Crippen LogP contribution in [0.25, 0.3) is 0 Å². The van der Waals surface area contributed by atoms with E-state index in [2.05, 4.69) is 47.5 Å². The molecule has 0 radical (unpaired) electrons. The maximum atomic E-state index is 5.55. The van der Waals surface area contributed by atoms with E-state index >= 15 is 0 Å². The Kier molecular flexibility index (Phi) is 4.54. The van der Waals surface area contributed by atoms with Crippen molar-refractivity contribution in [3.63, 3.8) is 0 Å². The van der Waals surface area contributed by atoms with E-state index in [4.69, 9.17) is 6.42 Å². The van der Waals surface area contributed by atoms with Gasteiger partial charge in [-0.25, -0.2) is 0 Å². The number of hydrogen-bond acceptors (Lipinski definition) is 0. The molecule has 0 N–H and O–H groups in total. The lowest BCUT2D eigenvalue weighted by atomic mass is 9.69. The normalized spacial score (nSPS) is 16.8. The number of rotatable bonds is 4. The van der Waals surface area contributed by atoms with Gasteiger partial charge in [0, 0.05) is 5.41 Å². The van der Waals surface area contributed by atoms with Crippen molar-refractivity contribution in [2.75, 3.05) is 0 Å². The van der Waals surface area contributed by atoms with Crippen LogP contribution in [0.4, 0.5) is 0 Å². The van der Waals surface area contributed by atoms with E-state index in [1.54, 1.807) is 0 Å². The zero-order valence-corrected chi connectivity index (χ0v) is 10.0. The quantitative estimate of drug-likeness (QED) is 0.574. The van der Waals surface area contributed by atoms with Crippen molar-refractivity contribution in [2.24, 2.45) is 23.2 Å². The van der Waals surface area contributed by atoms with Crippen LogP contribution in [0, 0.1) is 35.5 Å². The third kappa shape index (κ3) is 3.07. The van der Waals surface area contributed by atoms with Gasteiger partial charge >= 0.3 is 0 Å². The summed E-state index contributed by atoms with van der Waals surface area (Å²) < 4.78 is 0. The molecule has 0 aromatic rings. The second-order valence-electron chi connectivity index (χ2n) is 4.97. The minimum absolute atomic E-state index is 0.0327. The summed E-state index contributed by atoms with van der Waals surface area (Å²) >= 11 is 0. The molecule has 0 saturated carbocycles. The predicted molar refractivity (Wildman–Crippen MR) is 60.4 cm³/mol. The molecule has 0 bridgehead atoms. The molecule has 13 heavy (non-hydrogen) atoms. The monoisotopic (exact) mass is 180 g/mol. The highest BCUT2D eigenvalue weighted by Gasteiger charge is 2.30. The van der Waals surface area contributed by atoms with Gasteiger partial charge in [0.2, 0.25) is 0 Å². The fourth-order valence-corrected chi connectivity index (χ4v) is 2.07. The Labute approximate surface area is 84.1 Å². The van der Waals surface area contributed by atoms with Gasteiger partial charge in [0.05, 0.1) is 0 Å². The van der Waals surface area contributed by atoms with Gasteiger partial charge in [-0.05, 0) is 31.6 Å². The molecule has 0 aliphatic rings. The van der Waals surface area contributed by atoms with Crippen molar-refractivity contribution in [3.05, 3.63) is 0 Å². The van der Waals surface area contributed by atoms with Crippen LogP contribution in [0.3, 0.4) is 0 Å². The van der Waals surface area contributed by atoms with Crippen molar-refractivity contribution in [1.82, 2.24) is 0 Å². The SMILES string of the molecule is C#CC(C)(C)[C@@H](C)[C@H](CC)C(C)C. The fourth-order valence-electron chi connectivity index (χ4n) is 2.07. The van der Waals surface area contributed by atoms with Crippen LogP contribution in [0.5, 0.6) is 0 Å². The van der Waals surface area contributed by atoms with Crippen molar-refractivity contribution in [1.29, 1.82) is 0 Å². The summed E-state index contributed by atoms with van der Waals surface area (Å²) in [6.45, 7) is 13.5. The van der Waals surface area contributed by atoms with Gasteiger partial charge < -0.3 is 0 Å². The maximum absolute atomic E-state index is 5.55. The second kappa shape index (κ2) is 4.70. The molecule has 0 aliphatic heterocycles. The molecule has 0 amide bonds. The molecule has 0 unspecified atom stereocenters. The van der Waals surface area contributed by atoms with Crippen LogP contribution in [-0.2, 0) is 0 Å². The molecule has 0 heterocycles. The third-order valence-corrected chi connectivity index (χ3v) is 3.48. The van der Waals surface area contributed by atoms with E-state index in [1.165, 1.54) is 6.42 Å². The molecule has 0 aliphatic carbocycles. The summed E-state index contributed by atoms with van der Waals surface area (Å²) in [5.74, 6) is 4.98. The highest BCUT2D eigenvalue weighted by atomic mass is 14.3. The summed E-state index contributed by atoms with van der Waals surface area (Å²) in [7, 11) is 0. The summed E-state index contributed by atoms with van der Waals surface area (Å²) in [4.78, 5) is 0. The van der Waals surface area contributed by atoms with Crippen LogP contribution in [0.2, 0.25) is 0 Å². The smallest absolute Gasteiger partial charge is 0.0284 e. The van der Waals surface area contributed by atoms with Crippen LogP contribution in [0.15, 0.2) is 0 Å². The third-order valence-electron chi connectivity index (χ3n) is 3.48. The Balaban J connectivity index is 4.57. The van der Waals surface area contributed by atoms with Gasteiger partial charge in [0.15, 0.2) is 0 Å². The topological polar surface area (TPSA) is 0 Å². The molecule has 0 nitrogen and oxygen atoms in total. The highest BCUT2D eigenvalue weighted by molar-refractivity contribution is 5.04. The molecule has 0 spiro atoms. The lowest BCUT2D eigenvalue weighted by Gasteiger charge is -2.35. The minimum Gasteiger partial charge on any atom is -0.120 e. The van der Waals surface area contributed by atoms with Gasteiger partial charge in [-0.15, -0.1) is 12.3 Å². The van der Waals surface area contributed by atoms with Crippen LogP contribution in [-0.4, -0.2) is 0 Å². The number of hydrogen-bond donors (Lipinski definition) is 0.